The summed E-state index contributed by atoms with van der Waals surface area (Å²) in [4.78, 5) is 12.8. The van der Waals surface area contributed by atoms with Gasteiger partial charge in [-0.3, -0.25) is 4.79 Å². The van der Waals surface area contributed by atoms with Gasteiger partial charge in [-0.2, -0.15) is 5.26 Å². The highest BCUT2D eigenvalue weighted by Gasteiger charge is 2.33. The van der Waals surface area contributed by atoms with Gasteiger partial charge >= 0.3 is 0 Å². The van der Waals surface area contributed by atoms with Crippen LogP contribution in [0.4, 0.5) is 0 Å². The van der Waals surface area contributed by atoms with Crippen molar-refractivity contribution in [1.29, 1.82) is 5.26 Å². The first-order chi connectivity index (χ1) is 10.0. The quantitative estimate of drug-likeness (QED) is 0.823. The molecule has 1 N–H and O–H groups in total. The fraction of sp³-hybridized carbons (Fsp3) is 0.556. The molecule has 0 saturated heterocycles. The minimum atomic E-state index is -0.752. The van der Waals surface area contributed by atoms with E-state index in [1.54, 1.807) is 0 Å². The molecule has 114 valence electrons. The Morgan fingerprint density at radius 1 is 1.24 bits per heavy atom. The number of carbonyl (C=O) groups excluding carboxylic acids is 1. The summed E-state index contributed by atoms with van der Waals surface area (Å²) in [7, 11) is 0. The second-order valence-electron chi connectivity index (χ2n) is 5.66. The van der Waals surface area contributed by atoms with Crippen LogP contribution in [0.25, 0.3) is 0 Å². The number of hydrogen-bond acceptors (Lipinski definition) is 2. The lowest BCUT2D eigenvalue weighted by atomic mass is 9.83. The maximum atomic E-state index is 12.8. The molecule has 1 rings (SSSR count). The fourth-order valence-corrected chi connectivity index (χ4v) is 2.56. The number of carbonyl (C=O) groups is 1. The molecule has 1 amide bonds. The maximum absolute atomic E-state index is 12.8. The molecule has 0 aromatic heterocycles. The third kappa shape index (κ3) is 4.07. The van der Waals surface area contributed by atoms with Crippen molar-refractivity contribution >= 4 is 5.91 Å². The van der Waals surface area contributed by atoms with E-state index in [2.05, 4.69) is 25.2 Å². The van der Waals surface area contributed by atoms with Crippen LogP contribution in [0, 0.1) is 17.2 Å². The number of nitrogens with zero attached hydrogens (tertiary/aromatic N) is 1. The molecular weight excluding hydrogens is 260 g/mol. The predicted octanol–water partition coefficient (Wildman–Crippen LogP) is 4.01. The summed E-state index contributed by atoms with van der Waals surface area (Å²) in [5, 5.41) is 12.4. The standard InChI is InChI=1S/C18H26N2O/c1-5-14(4)16(15-11-9-8-10-12-15)17(21)20-18(6-2,7-3)13-19/h8-12,14,16H,5-7H2,1-4H3,(H,20,21). The van der Waals surface area contributed by atoms with Crippen molar-refractivity contribution in [3.8, 4) is 6.07 Å². The smallest absolute Gasteiger partial charge is 0.229 e. The van der Waals surface area contributed by atoms with Gasteiger partial charge in [0.1, 0.15) is 5.54 Å². The second kappa shape index (κ2) is 7.83. The highest BCUT2D eigenvalue weighted by atomic mass is 16.2. The Balaban J connectivity index is 3.06. The molecule has 1 aromatic carbocycles. The number of hydrogen-bond donors (Lipinski definition) is 1. The second-order valence-corrected chi connectivity index (χ2v) is 5.66. The van der Waals surface area contributed by atoms with Gasteiger partial charge in [-0.15, -0.1) is 0 Å². The Morgan fingerprint density at radius 3 is 2.24 bits per heavy atom. The maximum Gasteiger partial charge on any atom is 0.229 e. The Morgan fingerprint density at radius 2 is 1.81 bits per heavy atom. The van der Waals surface area contributed by atoms with Crippen molar-refractivity contribution in [3.63, 3.8) is 0 Å². The molecule has 0 aliphatic heterocycles. The van der Waals surface area contributed by atoms with Crippen LogP contribution in [0.2, 0.25) is 0 Å². The highest BCUT2D eigenvalue weighted by Crippen LogP contribution is 2.28. The van der Waals surface area contributed by atoms with E-state index in [0.717, 1.165) is 12.0 Å². The van der Waals surface area contributed by atoms with Crippen molar-refractivity contribution in [3.05, 3.63) is 35.9 Å². The van der Waals surface area contributed by atoms with E-state index in [1.165, 1.54) is 0 Å². The van der Waals surface area contributed by atoms with Crippen LogP contribution in [-0.4, -0.2) is 11.4 Å². The van der Waals surface area contributed by atoms with Gasteiger partial charge in [-0.25, -0.2) is 0 Å². The average molecular weight is 286 g/mol. The van der Waals surface area contributed by atoms with Gasteiger partial charge < -0.3 is 5.32 Å². The SMILES string of the molecule is CCC(C)C(C(=O)NC(C#N)(CC)CC)c1ccccc1. The van der Waals surface area contributed by atoms with Crippen molar-refractivity contribution in [2.24, 2.45) is 5.92 Å². The number of rotatable bonds is 7. The number of nitriles is 1. The monoisotopic (exact) mass is 286 g/mol. The molecule has 0 aliphatic carbocycles. The molecule has 0 heterocycles. The van der Waals surface area contributed by atoms with Crippen LogP contribution in [0.15, 0.2) is 30.3 Å². The van der Waals surface area contributed by atoms with E-state index in [1.807, 2.05) is 44.2 Å². The van der Waals surface area contributed by atoms with E-state index in [-0.39, 0.29) is 17.7 Å². The lowest BCUT2D eigenvalue weighted by Crippen LogP contribution is -2.49. The first-order valence-corrected chi connectivity index (χ1v) is 7.81. The van der Waals surface area contributed by atoms with E-state index in [9.17, 15) is 10.1 Å². The van der Waals surface area contributed by atoms with Crippen molar-refractivity contribution in [1.82, 2.24) is 5.32 Å². The van der Waals surface area contributed by atoms with E-state index in [4.69, 9.17) is 0 Å². The summed E-state index contributed by atoms with van der Waals surface area (Å²) in [5.41, 5.74) is 0.265. The Labute approximate surface area is 128 Å². The van der Waals surface area contributed by atoms with Gasteiger partial charge in [0.05, 0.1) is 12.0 Å². The number of amides is 1. The molecule has 0 aliphatic rings. The first kappa shape index (κ1) is 17.2. The van der Waals surface area contributed by atoms with Crippen molar-refractivity contribution in [2.75, 3.05) is 0 Å². The van der Waals surface area contributed by atoms with Gasteiger partial charge in [-0.1, -0.05) is 64.4 Å². The van der Waals surface area contributed by atoms with Crippen LogP contribution >= 0.6 is 0 Å². The van der Waals surface area contributed by atoms with Gasteiger partial charge in [0, 0.05) is 0 Å². The summed E-state index contributed by atoms with van der Waals surface area (Å²) in [5.74, 6) is -0.0136. The number of benzene rings is 1. The highest BCUT2D eigenvalue weighted by molar-refractivity contribution is 5.85. The molecule has 1 aromatic rings. The minimum absolute atomic E-state index is 0.0409. The average Bonchev–Trinajstić information content (AvgIpc) is 2.53. The van der Waals surface area contributed by atoms with E-state index >= 15 is 0 Å². The van der Waals surface area contributed by atoms with Crippen molar-refractivity contribution < 1.29 is 4.79 Å². The predicted molar refractivity (Wildman–Crippen MR) is 85.7 cm³/mol. The molecule has 3 nitrogen and oxygen atoms in total. The van der Waals surface area contributed by atoms with Gasteiger partial charge in [0.15, 0.2) is 0 Å². The summed E-state index contributed by atoms with van der Waals surface area (Å²) in [6.07, 6.45) is 2.16. The molecule has 0 fully saturated rings. The van der Waals surface area contributed by atoms with Gasteiger partial charge in [0.2, 0.25) is 5.91 Å². The third-order valence-corrected chi connectivity index (χ3v) is 4.44. The van der Waals surface area contributed by atoms with Gasteiger partial charge in [-0.05, 0) is 24.3 Å². The zero-order valence-electron chi connectivity index (χ0n) is 13.5. The molecule has 0 spiro atoms. The first-order valence-electron chi connectivity index (χ1n) is 7.81. The molecule has 2 atom stereocenters. The third-order valence-electron chi connectivity index (χ3n) is 4.44. The van der Waals surface area contributed by atoms with Crippen LogP contribution in [0.5, 0.6) is 0 Å². The lowest BCUT2D eigenvalue weighted by Gasteiger charge is -2.30. The summed E-state index contributed by atoms with van der Waals surface area (Å²) in [6, 6.07) is 12.1. The molecule has 2 unspecified atom stereocenters. The normalized spacial score (nSPS) is 14.0. The summed E-state index contributed by atoms with van der Waals surface area (Å²) < 4.78 is 0. The zero-order valence-corrected chi connectivity index (χ0v) is 13.5. The van der Waals surface area contributed by atoms with E-state index in [0.29, 0.717) is 12.8 Å². The topological polar surface area (TPSA) is 52.9 Å². The largest absolute Gasteiger partial charge is 0.337 e. The molecule has 0 bridgehead atoms. The molecular formula is C18H26N2O. The van der Waals surface area contributed by atoms with Gasteiger partial charge in [0.25, 0.3) is 0 Å². The van der Waals surface area contributed by atoms with E-state index < -0.39 is 5.54 Å². The van der Waals surface area contributed by atoms with Crippen LogP contribution in [0.1, 0.15) is 58.4 Å². The molecule has 0 saturated carbocycles. The molecule has 3 heteroatoms. The molecule has 0 radical (unpaired) electrons. The molecule has 21 heavy (non-hydrogen) atoms. The Kier molecular flexibility index (Phi) is 6.42. The Bertz CT molecular complexity index is 486. The fourth-order valence-electron chi connectivity index (χ4n) is 2.56. The zero-order chi connectivity index (χ0) is 15.9. The van der Waals surface area contributed by atoms with Crippen LogP contribution < -0.4 is 5.32 Å². The summed E-state index contributed by atoms with van der Waals surface area (Å²) >= 11 is 0. The summed E-state index contributed by atoms with van der Waals surface area (Å²) in [6.45, 7) is 8.05. The van der Waals surface area contributed by atoms with Crippen LogP contribution in [-0.2, 0) is 4.79 Å². The van der Waals surface area contributed by atoms with Crippen LogP contribution in [0.3, 0.4) is 0 Å². The van der Waals surface area contributed by atoms with Crippen molar-refractivity contribution in [2.45, 2.75) is 58.4 Å². The Hall–Kier alpha value is -1.82. The number of nitrogens with one attached hydrogen (secondary N) is 1. The minimum Gasteiger partial charge on any atom is -0.337 e. The lowest BCUT2D eigenvalue weighted by molar-refractivity contribution is -0.125.